The third kappa shape index (κ3) is 3.73. The molecule has 0 saturated carbocycles. The van der Waals surface area contributed by atoms with Crippen molar-refractivity contribution < 1.29 is 4.79 Å². The molecular formula is C11H18ClN5O. The van der Waals surface area contributed by atoms with Crippen LogP contribution in [-0.4, -0.2) is 36.0 Å². The van der Waals surface area contributed by atoms with Gasteiger partial charge in [0.15, 0.2) is 5.82 Å². The fourth-order valence-corrected chi connectivity index (χ4v) is 1.64. The Hall–Kier alpha value is -1.56. The number of aromatic nitrogens is 2. The van der Waals surface area contributed by atoms with Crippen LogP contribution in [0.1, 0.15) is 19.0 Å². The van der Waals surface area contributed by atoms with E-state index in [9.17, 15) is 4.79 Å². The number of nitrogens with one attached hydrogen (secondary N) is 1. The van der Waals surface area contributed by atoms with Gasteiger partial charge >= 0.3 is 0 Å². The first-order valence-electron chi connectivity index (χ1n) is 5.73. The normalized spacial score (nSPS) is 10.2. The minimum atomic E-state index is -0.0777. The summed E-state index contributed by atoms with van der Waals surface area (Å²) in [6, 6.07) is 0. The van der Waals surface area contributed by atoms with Crippen molar-refractivity contribution in [2.24, 2.45) is 0 Å². The molecule has 0 spiro atoms. The molecule has 0 atom stereocenters. The minimum Gasteiger partial charge on any atom is -0.394 e. The van der Waals surface area contributed by atoms with Crippen LogP contribution in [0.3, 0.4) is 0 Å². The summed E-state index contributed by atoms with van der Waals surface area (Å²) in [6.07, 6.45) is 0.899. The Bertz CT molecular complexity index is 438. The van der Waals surface area contributed by atoms with Crippen LogP contribution in [0, 0.1) is 6.92 Å². The van der Waals surface area contributed by atoms with Gasteiger partial charge in [0.05, 0.1) is 17.9 Å². The number of hydrogen-bond donors (Lipinski definition) is 2. The monoisotopic (exact) mass is 271 g/mol. The van der Waals surface area contributed by atoms with Gasteiger partial charge in [0, 0.05) is 13.6 Å². The maximum atomic E-state index is 11.6. The Labute approximate surface area is 112 Å². The van der Waals surface area contributed by atoms with Gasteiger partial charge in [-0.3, -0.25) is 4.79 Å². The number of anilines is 2. The summed E-state index contributed by atoms with van der Waals surface area (Å²) in [5, 5.41) is 2.91. The van der Waals surface area contributed by atoms with Gasteiger partial charge in [-0.25, -0.2) is 4.98 Å². The van der Waals surface area contributed by atoms with Crippen molar-refractivity contribution in [1.82, 2.24) is 15.3 Å². The molecule has 1 heterocycles. The second kappa shape index (κ2) is 6.39. The third-order valence-corrected chi connectivity index (χ3v) is 2.57. The molecule has 3 N–H and O–H groups in total. The molecule has 1 aromatic rings. The molecule has 18 heavy (non-hydrogen) atoms. The maximum absolute atomic E-state index is 11.6. The van der Waals surface area contributed by atoms with E-state index in [2.05, 4.69) is 15.3 Å². The lowest BCUT2D eigenvalue weighted by Crippen LogP contribution is -2.36. The number of rotatable bonds is 5. The average molecular weight is 272 g/mol. The van der Waals surface area contributed by atoms with Crippen molar-refractivity contribution >= 4 is 29.0 Å². The van der Waals surface area contributed by atoms with E-state index in [1.807, 2.05) is 6.92 Å². The lowest BCUT2D eigenvalue weighted by molar-refractivity contribution is -0.119. The third-order valence-electron chi connectivity index (χ3n) is 2.40. The van der Waals surface area contributed by atoms with Gasteiger partial charge in [0.25, 0.3) is 0 Å². The number of likely N-dealkylation sites (N-methyl/N-ethyl adjacent to an activating group) is 1. The van der Waals surface area contributed by atoms with Crippen molar-refractivity contribution in [2.75, 3.05) is 30.8 Å². The summed E-state index contributed by atoms with van der Waals surface area (Å²) in [7, 11) is 1.74. The number of nitrogens with two attached hydrogens (primary N) is 1. The van der Waals surface area contributed by atoms with Gasteiger partial charge in [-0.1, -0.05) is 6.92 Å². The Balaban J connectivity index is 2.78. The lowest BCUT2D eigenvalue weighted by Gasteiger charge is -2.20. The van der Waals surface area contributed by atoms with Crippen molar-refractivity contribution in [1.29, 1.82) is 0 Å². The van der Waals surface area contributed by atoms with E-state index in [0.29, 0.717) is 23.7 Å². The second-order valence-corrected chi connectivity index (χ2v) is 4.36. The maximum Gasteiger partial charge on any atom is 0.239 e. The molecule has 0 aliphatic rings. The van der Waals surface area contributed by atoms with Crippen LogP contribution in [0.5, 0.6) is 0 Å². The molecule has 100 valence electrons. The van der Waals surface area contributed by atoms with E-state index < -0.39 is 0 Å². The number of carbonyl (C=O) groups excluding carboxylic acids is 1. The molecule has 1 rings (SSSR count). The van der Waals surface area contributed by atoms with Crippen molar-refractivity contribution in [3.05, 3.63) is 11.0 Å². The number of nitrogens with zero attached hydrogens (tertiary/aromatic N) is 3. The first kappa shape index (κ1) is 14.5. The zero-order valence-electron chi connectivity index (χ0n) is 10.8. The van der Waals surface area contributed by atoms with Gasteiger partial charge in [-0.2, -0.15) is 4.98 Å². The number of aryl methyl sites for hydroxylation is 1. The summed E-state index contributed by atoms with van der Waals surface area (Å²) in [5.41, 5.74) is 6.91. The van der Waals surface area contributed by atoms with E-state index in [1.165, 1.54) is 0 Å². The molecular weight excluding hydrogens is 254 g/mol. The number of halogens is 1. The van der Waals surface area contributed by atoms with Crippen LogP contribution < -0.4 is 16.0 Å². The van der Waals surface area contributed by atoms with E-state index >= 15 is 0 Å². The highest BCUT2D eigenvalue weighted by Gasteiger charge is 2.14. The molecule has 0 unspecified atom stereocenters. The van der Waals surface area contributed by atoms with Crippen LogP contribution in [0.25, 0.3) is 0 Å². The molecule has 1 aromatic heterocycles. The number of amides is 1. The van der Waals surface area contributed by atoms with E-state index in [1.54, 1.807) is 18.9 Å². The molecule has 0 radical (unpaired) electrons. The van der Waals surface area contributed by atoms with E-state index in [0.717, 1.165) is 6.42 Å². The van der Waals surface area contributed by atoms with Crippen molar-refractivity contribution in [3.63, 3.8) is 0 Å². The highest BCUT2D eigenvalue weighted by Crippen LogP contribution is 2.23. The molecule has 0 bridgehead atoms. The zero-order valence-corrected chi connectivity index (χ0v) is 11.6. The van der Waals surface area contributed by atoms with Crippen LogP contribution in [0.4, 0.5) is 11.5 Å². The molecule has 0 aromatic carbocycles. The highest BCUT2D eigenvalue weighted by molar-refractivity contribution is 6.28. The molecule has 0 saturated heterocycles. The lowest BCUT2D eigenvalue weighted by atomic mass is 10.3. The smallest absolute Gasteiger partial charge is 0.239 e. The van der Waals surface area contributed by atoms with Crippen LogP contribution in [0.2, 0.25) is 5.28 Å². The molecule has 0 aliphatic carbocycles. The summed E-state index contributed by atoms with van der Waals surface area (Å²) in [5.74, 6) is 0.394. The number of nitrogen functional groups attached to an aromatic ring is 1. The Kier molecular flexibility index (Phi) is 5.15. The van der Waals surface area contributed by atoms with Crippen LogP contribution >= 0.6 is 11.6 Å². The predicted octanol–water partition coefficient (Wildman–Crippen LogP) is 0.983. The van der Waals surface area contributed by atoms with E-state index in [4.69, 9.17) is 17.3 Å². The van der Waals surface area contributed by atoms with Crippen molar-refractivity contribution in [2.45, 2.75) is 20.3 Å². The quantitative estimate of drug-likeness (QED) is 0.780. The number of hydrogen-bond acceptors (Lipinski definition) is 5. The fourth-order valence-electron chi connectivity index (χ4n) is 1.43. The predicted molar refractivity (Wildman–Crippen MR) is 72.8 cm³/mol. The summed E-state index contributed by atoms with van der Waals surface area (Å²) in [6.45, 7) is 4.58. The molecule has 6 nitrogen and oxygen atoms in total. The summed E-state index contributed by atoms with van der Waals surface area (Å²) >= 11 is 5.78. The standard InChI is InChI=1S/C11H18ClN5O/c1-4-5-14-8(18)6-17(3)10-9(13)7(2)15-11(12)16-10/h4-6,13H2,1-3H3,(H,14,18). The van der Waals surface area contributed by atoms with Gasteiger partial charge in [-0.05, 0) is 24.9 Å². The van der Waals surface area contributed by atoms with Crippen LogP contribution in [0.15, 0.2) is 0 Å². The molecule has 0 aliphatic heterocycles. The zero-order chi connectivity index (χ0) is 13.7. The van der Waals surface area contributed by atoms with Gasteiger partial charge in [0.1, 0.15) is 0 Å². The number of carbonyl (C=O) groups is 1. The van der Waals surface area contributed by atoms with Gasteiger partial charge in [0.2, 0.25) is 11.2 Å². The summed E-state index contributed by atoms with van der Waals surface area (Å²) < 4.78 is 0. The van der Waals surface area contributed by atoms with Crippen LogP contribution in [-0.2, 0) is 4.79 Å². The van der Waals surface area contributed by atoms with Crippen molar-refractivity contribution in [3.8, 4) is 0 Å². The SMILES string of the molecule is CCCNC(=O)CN(C)c1nc(Cl)nc(C)c1N. The minimum absolute atomic E-state index is 0.0777. The van der Waals surface area contributed by atoms with Gasteiger partial charge in [-0.15, -0.1) is 0 Å². The Morgan fingerprint density at radius 1 is 1.50 bits per heavy atom. The molecule has 1 amide bonds. The fraction of sp³-hybridized carbons (Fsp3) is 0.545. The molecule has 7 heteroatoms. The topological polar surface area (TPSA) is 84.1 Å². The largest absolute Gasteiger partial charge is 0.394 e. The highest BCUT2D eigenvalue weighted by atomic mass is 35.5. The summed E-state index contributed by atoms with van der Waals surface area (Å²) in [4.78, 5) is 21.2. The van der Waals surface area contributed by atoms with Gasteiger partial charge < -0.3 is 16.0 Å². The first-order valence-corrected chi connectivity index (χ1v) is 6.11. The first-order chi connectivity index (χ1) is 8.45. The average Bonchev–Trinajstić information content (AvgIpc) is 2.30. The second-order valence-electron chi connectivity index (χ2n) is 4.02. The Morgan fingerprint density at radius 3 is 2.78 bits per heavy atom. The molecule has 0 fully saturated rings. The van der Waals surface area contributed by atoms with E-state index in [-0.39, 0.29) is 17.7 Å². The Morgan fingerprint density at radius 2 is 2.17 bits per heavy atom.